The van der Waals surface area contributed by atoms with Crippen LogP contribution >= 0.6 is 0 Å². The SMILES string of the molecule is COC(=O)C1=C(C(=O)OC)N(c2ccccc2C(=O)Nc2ccc(Nc3ccccc3)cc2)C=CC=C1. The fourth-order valence-electron chi connectivity index (χ4n) is 3.75. The fraction of sp³-hybridized carbons (Fsp3) is 0.0690. The van der Waals surface area contributed by atoms with E-state index in [-0.39, 0.29) is 16.8 Å². The van der Waals surface area contributed by atoms with Crippen LogP contribution in [0.3, 0.4) is 0 Å². The minimum Gasteiger partial charge on any atom is -0.465 e. The van der Waals surface area contributed by atoms with Gasteiger partial charge < -0.3 is 25.0 Å². The standard InChI is InChI=1S/C29H25N3O5/c1-36-28(34)24-13-8-9-19-32(26(24)29(35)37-2)25-14-7-6-12-23(25)27(33)31-22-17-15-21(16-18-22)30-20-10-4-3-5-11-20/h3-19,30H,1-2H3,(H,31,33). The number of hydrogen-bond donors (Lipinski definition) is 2. The Hall–Kier alpha value is -5.11. The van der Waals surface area contributed by atoms with Gasteiger partial charge in [0.05, 0.1) is 31.0 Å². The summed E-state index contributed by atoms with van der Waals surface area (Å²) in [5.41, 5.74) is 3.00. The molecule has 0 unspecified atom stereocenters. The number of nitrogens with zero attached hydrogens (tertiary/aromatic N) is 1. The van der Waals surface area contributed by atoms with Gasteiger partial charge in [0.15, 0.2) is 0 Å². The molecule has 8 heteroatoms. The van der Waals surface area contributed by atoms with Gasteiger partial charge in [0, 0.05) is 23.3 Å². The third kappa shape index (κ3) is 5.76. The van der Waals surface area contributed by atoms with Gasteiger partial charge in [-0.3, -0.25) is 4.79 Å². The Morgan fingerprint density at radius 3 is 2.03 bits per heavy atom. The molecule has 3 aromatic rings. The number of esters is 2. The third-order valence-corrected chi connectivity index (χ3v) is 5.50. The highest BCUT2D eigenvalue weighted by Crippen LogP contribution is 2.30. The van der Waals surface area contributed by atoms with Crippen LogP contribution in [-0.2, 0) is 19.1 Å². The molecule has 0 fully saturated rings. The quantitative estimate of drug-likeness (QED) is 0.436. The summed E-state index contributed by atoms with van der Waals surface area (Å²) in [4.78, 5) is 40.0. The Morgan fingerprint density at radius 1 is 0.703 bits per heavy atom. The van der Waals surface area contributed by atoms with Gasteiger partial charge in [-0.2, -0.15) is 0 Å². The molecule has 0 atom stereocenters. The summed E-state index contributed by atoms with van der Waals surface area (Å²) in [6.07, 6.45) is 6.28. The van der Waals surface area contributed by atoms with Crippen LogP contribution in [0, 0.1) is 0 Å². The topological polar surface area (TPSA) is 97.0 Å². The lowest BCUT2D eigenvalue weighted by molar-refractivity contribution is -0.139. The van der Waals surface area contributed by atoms with Gasteiger partial charge in [0.2, 0.25) is 0 Å². The summed E-state index contributed by atoms with van der Waals surface area (Å²) in [5, 5.41) is 6.18. The summed E-state index contributed by atoms with van der Waals surface area (Å²) in [5.74, 6) is -1.86. The van der Waals surface area contributed by atoms with Crippen LogP contribution in [0.2, 0.25) is 0 Å². The lowest BCUT2D eigenvalue weighted by Gasteiger charge is -2.25. The molecule has 0 bridgehead atoms. The van der Waals surface area contributed by atoms with Crippen molar-refractivity contribution in [1.82, 2.24) is 0 Å². The molecule has 1 aliphatic rings. The molecule has 3 aromatic carbocycles. The first-order valence-electron chi connectivity index (χ1n) is 11.4. The van der Waals surface area contributed by atoms with E-state index in [0.717, 1.165) is 11.4 Å². The summed E-state index contributed by atoms with van der Waals surface area (Å²) in [7, 11) is 2.44. The smallest absolute Gasteiger partial charge is 0.355 e. The van der Waals surface area contributed by atoms with Crippen LogP contribution in [0.4, 0.5) is 22.7 Å². The molecule has 4 rings (SSSR count). The van der Waals surface area contributed by atoms with Crippen molar-refractivity contribution < 1.29 is 23.9 Å². The summed E-state index contributed by atoms with van der Waals surface area (Å²) in [6.45, 7) is 0. The van der Waals surface area contributed by atoms with Crippen molar-refractivity contribution in [2.24, 2.45) is 0 Å². The predicted molar refractivity (Wildman–Crippen MR) is 142 cm³/mol. The predicted octanol–water partition coefficient (Wildman–Crippen LogP) is 5.17. The minimum atomic E-state index is -0.756. The second-order valence-corrected chi connectivity index (χ2v) is 7.86. The van der Waals surface area contributed by atoms with Gasteiger partial charge in [-0.05, 0) is 60.7 Å². The normalized spacial score (nSPS) is 12.5. The minimum absolute atomic E-state index is 0.00364. The van der Waals surface area contributed by atoms with Crippen LogP contribution in [0.1, 0.15) is 10.4 Å². The molecule has 37 heavy (non-hydrogen) atoms. The van der Waals surface area contributed by atoms with Gasteiger partial charge >= 0.3 is 11.9 Å². The van der Waals surface area contributed by atoms with E-state index in [1.807, 2.05) is 42.5 Å². The van der Waals surface area contributed by atoms with Crippen molar-refractivity contribution in [3.05, 3.63) is 120 Å². The Morgan fingerprint density at radius 2 is 1.32 bits per heavy atom. The average Bonchev–Trinajstić information content (AvgIpc) is 3.17. The lowest BCUT2D eigenvalue weighted by Crippen LogP contribution is -2.28. The first-order valence-corrected chi connectivity index (χ1v) is 11.4. The molecule has 0 aliphatic carbocycles. The van der Waals surface area contributed by atoms with Crippen LogP contribution in [0.25, 0.3) is 0 Å². The number of para-hydroxylation sites is 2. The number of rotatable bonds is 7. The van der Waals surface area contributed by atoms with Gasteiger partial charge in [-0.15, -0.1) is 0 Å². The first kappa shape index (κ1) is 25.0. The summed E-state index contributed by atoms with van der Waals surface area (Å²) >= 11 is 0. The van der Waals surface area contributed by atoms with E-state index in [1.54, 1.807) is 54.8 Å². The second kappa shape index (κ2) is 11.5. The number of anilines is 4. The van der Waals surface area contributed by atoms with Crippen molar-refractivity contribution in [2.45, 2.75) is 0 Å². The number of ether oxygens (including phenoxy) is 2. The van der Waals surface area contributed by atoms with E-state index in [1.165, 1.54) is 25.2 Å². The van der Waals surface area contributed by atoms with Gasteiger partial charge in [0.1, 0.15) is 5.70 Å². The second-order valence-electron chi connectivity index (χ2n) is 7.86. The van der Waals surface area contributed by atoms with E-state index in [4.69, 9.17) is 9.47 Å². The Balaban J connectivity index is 1.63. The molecule has 1 heterocycles. The Bertz CT molecular complexity index is 1390. The van der Waals surface area contributed by atoms with E-state index < -0.39 is 17.8 Å². The molecule has 0 saturated carbocycles. The van der Waals surface area contributed by atoms with Crippen molar-refractivity contribution in [3.8, 4) is 0 Å². The highest BCUT2D eigenvalue weighted by Gasteiger charge is 2.29. The maximum atomic E-state index is 13.3. The number of nitrogens with one attached hydrogen (secondary N) is 2. The molecule has 2 N–H and O–H groups in total. The first-order chi connectivity index (χ1) is 18.0. The maximum absolute atomic E-state index is 13.3. The summed E-state index contributed by atoms with van der Waals surface area (Å²) in [6, 6.07) is 23.8. The zero-order chi connectivity index (χ0) is 26.2. The highest BCUT2D eigenvalue weighted by atomic mass is 16.5. The molecular weight excluding hydrogens is 470 g/mol. The van der Waals surface area contributed by atoms with E-state index in [2.05, 4.69) is 10.6 Å². The molecule has 0 radical (unpaired) electrons. The van der Waals surface area contributed by atoms with Gasteiger partial charge in [-0.1, -0.05) is 36.4 Å². The molecule has 1 amide bonds. The van der Waals surface area contributed by atoms with Crippen LogP contribution in [0.5, 0.6) is 0 Å². The van der Waals surface area contributed by atoms with Gasteiger partial charge in [-0.25, -0.2) is 9.59 Å². The monoisotopic (exact) mass is 495 g/mol. The van der Waals surface area contributed by atoms with E-state index >= 15 is 0 Å². The van der Waals surface area contributed by atoms with Crippen LogP contribution < -0.4 is 15.5 Å². The third-order valence-electron chi connectivity index (χ3n) is 5.50. The van der Waals surface area contributed by atoms with Gasteiger partial charge in [0.25, 0.3) is 5.91 Å². The number of hydrogen-bond acceptors (Lipinski definition) is 7. The van der Waals surface area contributed by atoms with Crippen LogP contribution in [-0.4, -0.2) is 32.1 Å². The van der Waals surface area contributed by atoms with Crippen molar-refractivity contribution in [3.63, 3.8) is 0 Å². The summed E-state index contributed by atoms with van der Waals surface area (Å²) < 4.78 is 9.81. The lowest BCUT2D eigenvalue weighted by atomic mass is 10.1. The number of allylic oxidation sites excluding steroid dienone is 2. The number of carbonyl (C=O) groups excluding carboxylic acids is 3. The van der Waals surface area contributed by atoms with Crippen molar-refractivity contribution >= 4 is 40.6 Å². The van der Waals surface area contributed by atoms with Crippen molar-refractivity contribution in [1.29, 1.82) is 0 Å². The molecule has 1 aliphatic heterocycles. The van der Waals surface area contributed by atoms with E-state index in [0.29, 0.717) is 11.4 Å². The number of methoxy groups -OCH3 is 2. The fourth-order valence-corrected chi connectivity index (χ4v) is 3.75. The highest BCUT2D eigenvalue weighted by molar-refractivity contribution is 6.11. The van der Waals surface area contributed by atoms with E-state index in [9.17, 15) is 14.4 Å². The zero-order valence-corrected chi connectivity index (χ0v) is 20.3. The molecule has 8 nitrogen and oxygen atoms in total. The largest absolute Gasteiger partial charge is 0.465 e. The number of benzene rings is 3. The van der Waals surface area contributed by atoms with Crippen LogP contribution in [0.15, 0.2) is 115 Å². The number of amides is 1. The Kier molecular flexibility index (Phi) is 7.80. The zero-order valence-electron chi connectivity index (χ0n) is 20.3. The maximum Gasteiger partial charge on any atom is 0.355 e. The molecule has 186 valence electrons. The average molecular weight is 496 g/mol. The molecule has 0 spiro atoms. The molecule has 0 aromatic heterocycles. The molecule has 0 saturated heterocycles. The van der Waals surface area contributed by atoms with Crippen molar-refractivity contribution in [2.75, 3.05) is 29.8 Å². The molecular formula is C29H25N3O5. The Labute approximate surface area is 214 Å². The number of carbonyl (C=O) groups is 3.